The molecular weight excluding hydrogens is 428 g/mol. The van der Waals surface area contributed by atoms with E-state index in [2.05, 4.69) is 32.7 Å². The Bertz CT molecular complexity index is 1070. The Labute approximate surface area is 198 Å². The van der Waals surface area contributed by atoms with E-state index in [1.54, 1.807) is 12.4 Å². The van der Waals surface area contributed by atoms with Gasteiger partial charge in [0, 0.05) is 43.8 Å². The molecule has 4 rings (SSSR count). The average Bonchev–Trinajstić information content (AvgIpc) is 2.90. The summed E-state index contributed by atoms with van der Waals surface area (Å²) in [4.78, 5) is 18.5. The van der Waals surface area contributed by atoms with Gasteiger partial charge in [-0.3, -0.25) is 9.97 Å². The lowest BCUT2D eigenvalue weighted by Gasteiger charge is -2.28. The van der Waals surface area contributed by atoms with E-state index in [0.29, 0.717) is 24.7 Å². The molecule has 0 unspecified atom stereocenters. The van der Waals surface area contributed by atoms with Crippen molar-refractivity contribution in [2.75, 3.05) is 36.9 Å². The predicted molar refractivity (Wildman–Crippen MR) is 132 cm³/mol. The number of aromatic nitrogens is 4. The molecule has 0 aliphatic carbocycles. The van der Waals surface area contributed by atoms with Crippen LogP contribution < -0.4 is 10.6 Å². The van der Waals surface area contributed by atoms with Gasteiger partial charge in [-0.25, -0.2) is 9.97 Å². The molecule has 8 heteroatoms. The number of anilines is 2. The van der Waals surface area contributed by atoms with E-state index in [1.165, 1.54) is 0 Å². The van der Waals surface area contributed by atoms with E-state index in [1.807, 2.05) is 60.9 Å². The van der Waals surface area contributed by atoms with Gasteiger partial charge in [-0.15, -0.1) is 0 Å². The third kappa shape index (κ3) is 5.72. The second-order valence-electron chi connectivity index (χ2n) is 7.72. The van der Waals surface area contributed by atoms with Crippen molar-refractivity contribution >= 4 is 11.6 Å². The summed E-state index contributed by atoms with van der Waals surface area (Å²) in [6, 6.07) is 19.6. The molecular formula is C26H28N6O2. The largest absolute Gasteiger partial charge is 0.395 e. The van der Waals surface area contributed by atoms with Crippen LogP contribution in [0, 0.1) is 0 Å². The van der Waals surface area contributed by atoms with Crippen molar-refractivity contribution in [2.24, 2.45) is 0 Å². The second kappa shape index (κ2) is 11.8. The fraction of sp³-hybridized carbons (Fsp3) is 0.231. The summed E-state index contributed by atoms with van der Waals surface area (Å²) in [7, 11) is 0. The van der Waals surface area contributed by atoms with E-state index in [-0.39, 0.29) is 25.0 Å². The van der Waals surface area contributed by atoms with Gasteiger partial charge in [0.2, 0.25) is 0 Å². The summed E-state index contributed by atoms with van der Waals surface area (Å²) in [5.74, 6) is 0.966. The van der Waals surface area contributed by atoms with Gasteiger partial charge < -0.3 is 20.8 Å². The van der Waals surface area contributed by atoms with Gasteiger partial charge in [-0.1, -0.05) is 24.3 Å². The molecule has 0 aromatic carbocycles. The number of aliphatic hydroxyl groups excluding tert-OH is 2. The van der Waals surface area contributed by atoms with Crippen LogP contribution >= 0.6 is 0 Å². The molecule has 0 saturated heterocycles. The van der Waals surface area contributed by atoms with E-state index in [0.717, 1.165) is 22.5 Å². The predicted octanol–water partition coefficient (Wildman–Crippen LogP) is 3.04. The number of nitrogens with one attached hydrogen (secondary N) is 2. The van der Waals surface area contributed by atoms with Crippen molar-refractivity contribution in [3.05, 3.63) is 108 Å². The van der Waals surface area contributed by atoms with Gasteiger partial charge in [0.1, 0.15) is 11.6 Å². The molecule has 174 valence electrons. The molecule has 0 aliphatic rings. The first kappa shape index (κ1) is 23.3. The molecule has 4 N–H and O–H groups in total. The SMILES string of the molecule is OCCNc1cccc(C(c2cccc(NCCO)n2)C(c2cccnc2)c2cccnc2)n1. The molecule has 0 atom stereocenters. The number of aliphatic hydroxyl groups is 2. The highest BCUT2D eigenvalue weighted by atomic mass is 16.3. The fourth-order valence-corrected chi connectivity index (χ4v) is 4.00. The molecule has 34 heavy (non-hydrogen) atoms. The van der Waals surface area contributed by atoms with Crippen molar-refractivity contribution in [1.82, 2.24) is 19.9 Å². The first-order valence-electron chi connectivity index (χ1n) is 11.2. The monoisotopic (exact) mass is 456 g/mol. The van der Waals surface area contributed by atoms with Gasteiger partial charge in [0.15, 0.2) is 0 Å². The Balaban J connectivity index is 1.87. The van der Waals surface area contributed by atoms with E-state index in [9.17, 15) is 10.2 Å². The first-order valence-corrected chi connectivity index (χ1v) is 11.2. The lowest BCUT2D eigenvalue weighted by Crippen LogP contribution is -2.19. The summed E-state index contributed by atoms with van der Waals surface area (Å²) < 4.78 is 0. The first-order chi connectivity index (χ1) is 16.8. The minimum atomic E-state index is -0.250. The number of nitrogens with zero attached hydrogens (tertiary/aromatic N) is 4. The van der Waals surface area contributed by atoms with E-state index < -0.39 is 0 Å². The lowest BCUT2D eigenvalue weighted by atomic mass is 9.78. The normalized spacial score (nSPS) is 11.1. The third-order valence-corrected chi connectivity index (χ3v) is 5.43. The molecule has 0 saturated carbocycles. The van der Waals surface area contributed by atoms with Gasteiger partial charge >= 0.3 is 0 Å². The van der Waals surface area contributed by atoms with E-state index >= 15 is 0 Å². The zero-order chi connectivity index (χ0) is 23.6. The quantitative estimate of drug-likeness (QED) is 0.272. The summed E-state index contributed by atoms with van der Waals surface area (Å²) in [6.07, 6.45) is 7.25. The molecule has 4 aromatic rings. The van der Waals surface area contributed by atoms with Crippen LogP contribution in [0.25, 0.3) is 0 Å². The molecule has 0 amide bonds. The molecule has 0 fully saturated rings. The lowest BCUT2D eigenvalue weighted by molar-refractivity contribution is 0.310. The zero-order valence-corrected chi connectivity index (χ0v) is 18.7. The molecule has 4 aromatic heterocycles. The van der Waals surface area contributed by atoms with Crippen molar-refractivity contribution in [1.29, 1.82) is 0 Å². The minimum absolute atomic E-state index is 0.0173. The maximum atomic E-state index is 9.23. The van der Waals surface area contributed by atoms with Gasteiger partial charge in [0.05, 0.1) is 30.5 Å². The Morgan fingerprint density at radius 3 is 1.53 bits per heavy atom. The van der Waals surface area contributed by atoms with Gasteiger partial charge in [-0.05, 0) is 47.5 Å². The second-order valence-corrected chi connectivity index (χ2v) is 7.72. The fourth-order valence-electron chi connectivity index (χ4n) is 4.00. The van der Waals surface area contributed by atoms with Crippen molar-refractivity contribution in [2.45, 2.75) is 11.8 Å². The molecule has 4 heterocycles. The number of pyridine rings is 4. The van der Waals surface area contributed by atoms with Crippen LogP contribution in [0.5, 0.6) is 0 Å². The Morgan fingerprint density at radius 2 is 1.12 bits per heavy atom. The maximum absolute atomic E-state index is 9.23. The van der Waals surface area contributed by atoms with Crippen LogP contribution in [0.3, 0.4) is 0 Å². The van der Waals surface area contributed by atoms with Crippen molar-refractivity contribution in [3.8, 4) is 0 Å². The molecule has 0 spiro atoms. The molecule has 8 nitrogen and oxygen atoms in total. The van der Waals surface area contributed by atoms with Crippen LogP contribution in [0.2, 0.25) is 0 Å². The molecule has 0 aliphatic heterocycles. The average molecular weight is 457 g/mol. The third-order valence-electron chi connectivity index (χ3n) is 5.43. The summed E-state index contributed by atoms with van der Waals surface area (Å²) in [5, 5.41) is 24.8. The van der Waals surface area contributed by atoms with Crippen LogP contribution in [0.4, 0.5) is 11.6 Å². The maximum Gasteiger partial charge on any atom is 0.126 e. The number of rotatable bonds is 11. The van der Waals surface area contributed by atoms with Crippen molar-refractivity contribution < 1.29 is 10.2 Å². The van der Waals surface area contributed by atoms with Gasteiger partial charge in [0.25, 0.3) is 0 Å². The highest BCUT2D eigenvalue weighted by Gasteiger charge is 2.31. The zero-order valence-electron chi connectivity index (χ0n) is 18.7. The van der Waals surface area contributed by atoms with E-state index in [4.69, 9.17) is 9.97 Å². The van der Waals surface area contributed by atoms with Crippen LogP contribution in [-0.4, -0.2) is 56.5 Å². The standard InChI is InChI=1S/C26H28N6O2/c33-15-13-29-23-9-1-7-21(31-23)26(22-8-2-10-24(32-22)30-14-16-34)25(19-5-3-11-27-17-19)20-6-4-12-28-18-20/h1-12,17-18,25-26,33-34H,13-16H2,(H,29,31)(H,30,32). The minimum Gasteiger partial charge on any atom is -0.395 e. The van der Waals surface area contributed by atoms with Crippen LogP contribution in [0.1, 0.15) is 34.4 Å². The smallest absolute Gasteiger partial charge is 0.126 e. The Kier molecular flexibility index (Phi) is 8.10. The highest BCUT2D eigenvalue weighted by molar-refractivity contribution is 5.45. The Morgan fingerprint density at radius 1 is 0.618 bits per heavy atom. The molecule has 0 radical (unpaired) electrons. The van der Waals surface area contributed by atoms with Gasteiger partial charge in [-0.2, -0.15) is 0 Å². The highest BCUT2D eigenvalue weighted by Crippen LogP contribution is 2.41. The summed E-state index contributed by atoms with van der Waals surface area (Å²) in [5.41, 5.74) is 3.69. The topological polar surface area (TPSA) is 116 Å². The molecule has 0 bridgehead atoms. The van der Waals surface area contributed by atoms with Crippen molar-refractivity contribution in [3.63, 3.8) is 0 Å². The van der Waals surface area contributed by atoms with Crippen LogP contribution in [0.15, 0.2) is 85.5 Å². The number of hydrogen-bond donors (Lipinski definition) is 4. The summed E-state index contributed by atoms with van der Waals surface area (Å²) >= 11 is 0. The van der Waals surface area contributed by atoms with Crippen LogP contribution in [-0.2, 0) is 0 Å². The Hall–Kier alpha value is -3.88. The number of hydrogen-bond acceptors (Lipinski definition) is 8. The summed E-state index contributed by atoms with van der Waals surface area (Å²) in [6.45, 7) is 0.857.